The molecular formula is C27H23NO2. The van der Waals surface area contributed by atoms with Crippen molar-refractivity contribution in [3.63, 3.8) is 0 Å². The van der Waals surface area contributed by atoms with Crippen LogP contribution in [0.5, 0.6) is 0 Å². The van der Waals surface area contributed by atoms with Gasteiger partial charge in [-0.05, 0) is 77.9 Å². The number of aromatic nitrogens is 1. The molecule has 0 amide bonds. The fraction of sp³-hybridized carbons (Fsp3) is 0.185. The van der Waals surface area contributed by atoms with Gasteiger partial charge in [-0.3, -0.25) is 4.98 Å². The normalized spacial score (nSPS) is 14.2. The molecule has 1 aliphatic carbocycles. The summed E-state index contributed by atoms with van der Waals surface area (Å²) in [6.45, 7) is 6.52. The van der Waals surface area contributed by atoms with E-state index in [1.165, 1.54) is 16.7 Å². The van der Waals surface area contributed by atoms with Gasteiger partial charge in [-0.1, -0.05) is 43.9 Å². The number of allylic oxidation sites excluding steroid dienone is 1. The summed E-state index contributed by atoms with van der Waals surface area (Å²) in [6, 6.07) is 17.2. The lowest BCUT2D eigenvalue weighted by atomic mass is 9.72. The van der Waals surface area contributed by atoms with Crippen LogP contribution in [-0.4, -0.2) is 16.1 Å². The molecule has 1 heterocycles. The molecule has 3 heteroatoms. The average Bonchev–Trinajstić information content (AvgIpc) is 2.73. The van der Waals surface area contributed by atoms with Crippen molar-refractivity contribution in [2.45, 2.75) is 32.6 Å². The third kappa shape index (κ3) is 3.90. The number of hydrogen-bond acceptors (Lipinski definition) is 2. The summed E-state index contributed by atoms with van der Waals surface area (Å²) in [5.74, 6) is 5.44. The Balaban J connectivity index is 1.72. The van der Waals surface area contributed by atoms with E-state index in [0.29, 0.717) is 0 Å². The smallest absolute Gasteiger partial charge is 0.335 e. The Kier molecular flexibility index (Phi) is 5.01. The molecule has 0 atom stereocenters. The number of carbonyl (C=O) groups is 1. The van der Waals surface area contributed by atoms with E-state index in [9.17, 15) is 4.79 Å². The van der Waals surface area contributed by atoms with Crippen molar-refractivity contribution in [3.05, 3.63) is 106 Å². The number of aryl methyl sites for hydroxylation is 1. The first-order valence-corrected chi connectivity index (χ1v) is 9.97. The second kappa shape index (κ2) is 7.65. The van der Waals surface area contributed by atoms with E-state index >= 15 is 0 Å². The Labute approximate surface area is 177 Å². The molecule has 0 fully saturated rings. The van der Waals surface area contributed by atoms with Crippen LogP contribution in [0.1, 0.15) is 64.1 Å². The summed E-state index contributed by atoms with van der Waals surface area (Å²) in [6.07, 6.45) is 5.21. The minimum absolute atomic E-state index is 0.0651. The summed E-state index contributed by atoms with van der Waals surface area (Å²) in [5.41, 5.74) is 7.88. The Morgan fingerprint density at radius 1 is 1.00 bits per heavy atom. The SMILES string of the molecule is Cc1ccc(C2=CCC(C)(C)c3ccc(C#Cc4ccc(C(=O)O)cc4)cc32)cn1. The zero-order chi connectivity index (χ0) is 21.3. The zero-order valence-electron chi connectivity index (χ0n) is 17.4. The molecule has 0 saturated heterocycles. The average molecular weight is 393 g/mol. The Hall–Kier alpha value is -3.64. The molecule has 3 nitrogen and oxygen atoms in total. The quantitative estimate of drug-likeness (QED) is 0.577. The maximum absolute atomic E-state index is 11.0. The minimum Gasteiger partial charge on any atom is -0.478 e. The number of rotatable bonds is 2. The topological polar surface area (TPSA) is 50.2 Å². The number of benzene rings is 2. The van der Waals surface area contributed by atoms with E-state index in [0.717, 1.165) is 28.8 Å². The number of hydrogen-bond donors (Lipinski definition) is 1. The Bertz CT molecular complexity index is 1200. The summed E-state index contributed by atoms with van der Waals surface area (Å²) >= 11 is 0. The van der Waals surface area contributed by atoms with Crippen molar-refractivity contribution in [1.29, 1.82) is 0 Å². The minimum atomic E-state index is -0.934. The van der Waals surface area contributed by atoms with Gasteiger partial charge in [-0.2, -0.15) is 0 Å². The van der Waals surface area contributed by atoms with Crippen molar-refractivity contribution < 1.29 is 9.90 Å². The first-order chi connectivity index (χ1) is 14.3. The number of fused-ring (bicyclic) bond motifs is 1. The summed E-state index contributed by atoms with van der Waals surface area (Å²) in [5, 5.41) is 9.03. The molecule has 1 aliphatic rings. The third-order valence-corrected chi connectivity index (χ3v) is 5.56. The molecule has 0 bridgehead atoms. The molecular weight excluding hydrogens is 370 g/mol. The van der Waals surface area contributed by atoms with Gasteiger partial charge in [0.2, 0.25) is 0 Å². The molecule has 0 unspecified atom stereocenters. The Morgan fingerprint density at radius 2 is 1.70 bits per heavy atom. The zero-order valence-corrected chi connectivity index (χ0v) is 17.4. The van der Waals surface area contributed by atoms with Crippen LogP contribution in [0.2, 0.25) is 0 Å². The van der Waals surface area contributed by atoms with Crippen molar-refractivity contribution in [2.24, 2.45) is 0 Å². The lowest BCUT2D eigenvalue weighted by molar-refractivity contribution is 0.0697. The van der Waals surface area contributed by atoms with E-state index in [1.807, 2.05) is 19.2 Å². The highest BCUT2D eigenvalue weighted by Gasteiger charge is 2.28. The number of nitrogens with zero attached hydrogens (tertiary/aromatic N) is 1. The first kappa shape index (κ1) is 19.7. The van der Waals surface area contributed by atoms with Gasteiger partial charge in [-0.15, -0.1) is 0 Å². The number of carboxylic acid groups (broad SMARTS) is 1. The molecule has 1 aromatic heterocycles. The molecule has 30 heavy (non-hydrogen) atoms. The van der Waals surface area contributed by atoms with Gasteiger partial charge in [0.1, 0.15) is 0 Å². The molecule has 2 aromatic carbocycles. The highest BCUT2D eigenvalue weighted by molar-refractivity contribution is 5.87. The van der Waals surface area contributed by atoms with Crippen molar-refractivity contribution in [2.75, 3.05) is 0 Å². The molecule has 0 spiro atoms. The van der Waals surface area contributed by atoms with Gasteiger partial charge in [0.15, 0.2) is 0 Å². The highest BCUT2D eigenvalue weighted by atomic mass is 16.4. The predicted molar refractivity (Wildman–Crippen MR) is 120 cm³/mol. The summed E-state index contributed by atoms with van der Waals surface area (Å²) in [4.78, 5) is 15.5. The number of aromatic carboxylic acids is 1. The molecule has 1 N–H and O–H groups in total. The van der Waals surface area contributed by atoms with E-state index in [1.54, 1.807) is 24.3 Å². The molecule has 4 rings (SSSR count). The monoisotopic (exact) mass is 393 g/mol. The number of carboxylic acids is 1. The molecule has 0 aliphatic heterocycles. The fourth-order valence-corrected chi connectivity index (χ4v) is 3.75. The van der Waals surface area contributed by atoms with Crippen LogP contribution in [0.15, 0.2) is 66.9 Å². The van der Waals surface area contributed by atoms with Crippen LogP contribution in [0.25, 0.3) is 5.57 Å². The molecule has 3 aromatic rings. The van der Waals surface area contributed by atoms with E-state index in [2.05, 4.69) is 61.0 Å². The van der Waals surface area contributed by atoms with Crippen LogP contribution < -0.4 is 0 Å². The molecule has 148 valence electrons. The van der Waals surface area contributed by atoms with Gasteiger partial charge < -0.3 is 5.11 Å². The van der Waals surface area contributed by atoms with Crippen LogP contribution in [-0.2, 0) is 5.41 Å². The van der Waals surface area contributed by atoms with E-state index in [4.69, 9.17) is 5.11 Å². The summed E-state index contributed by atoms with van der Waals surface area (Å²) < 4.78 is 0. The fourth-order valence-electron chi connectivity index (χ4n) is 3.75. The van der Waals surface area contributed by atoms with E-state index in [-0.39, 0.29) is 11.0 Å². The van der Waals surface area contributed by atoms with Gasteiger partial charge in [0, 0.05) is 28.6 Å². The van der Waals surface area contributed by atoms with Gasteiger partial charge >= 0.3 is 5.97 Å². The Morgan fingerprint density at radius 3 is 2.37 bits per heavy atom. The van der Waals surface area contributed by atoms with Crippen LogP contribution in [0, 0.1) is 18.8 Å². The van der Waals surface area contributed by atoms with Crippen molar-refractivity contribution >= 4 is 11.5 Å². The molecule has 0 radical (unpaired) electrons. The maximum Gasteiger partial charge on any atom is 0.335 e. The lowest BCUT2D eigenvalue weighted by Gasteiger charge is -2.32. The van der Waals surface area contributed by atoms with Crippen molar-refractivity contribution in [3.8, 4) is 11.8 Å². The van der Waals surface area contributed by atoms with Gasteiger partial charge in [-0.25, -0.2) is 4.79 Å². The number of pyridine rings is 1. The molecule has 0 saturated carbocycles. The van der Waals surface area contributed by atoms with Crippen molar-refractivity contribution in [1.82, 2.24) is 4.98 Å². The standard InChI is InChI=1S/C27H23NO2/c1-18-4-10-22(17-28-18)23-14-15-27(2,3)25-13-9-20(16-24(23)25)6-5-19-7-11-21(12-8-19)26(29)30/h4,7-14,16-17H,15H2,1-3H3,(H,29,30). The predicted octanol–water partition coefficient (Wildman–Crippen LogP) is 5.60. The van der Waals surface area contributed by atoms with Crippen LogP contribution in [0.3, 0.4) is 0 Å². The largest absolute Gasteiger partial charge is 0.478 e. The van der Waals surface area contributed by atoms with Crippen LogP contribution >= 0.6 is 0 Å². The highest BCUT2D eigenvalue weighted by Crippen LogP contribution is 2.41. The maximum atomic E-state index is 11.0. The van der Waals surface area contributed by atoms with Gasteiger partial charge in [0.25, 0.3) is 0 Å². The second-order valence-corrected chi connectivity index (χ2v) is 8.29. The summed E-state index contributed by atoms with van der Waals surface area (Å²) in [7, 11) is 0. The third-order valence-electron chi connectivity index (χ3n) is 5.56. The van der Waals surface area contributed by atoms with E-state index < -0.39 is 5.97 Å². The van der Waals surface area contributed by atoms with Crippen LogP contribution in [0.4, 0.5) is 0 Å². The lowest BCUT2D eigenvalue weighted by Crippen LogP contribution is -2.22. The second-order valence-electron chi connectivity index (χ2n) is 8.29. The first-order valence-electron chi connectivity index (χ1n) is 9.97. The van der Waals surface area contributed by atoms with Gasteiger partial charge in [0.05, 0.1) is 5.56 Å².